The highest BCUT2D eigenvalue weighted by atomic mass is 32.2. The van der Waals surface area contributed by atoms with E-state index in [9.17, 15) is 23.1 Å². The number of benzene rings is 3. The van der Waals surface area contributed by atoms with Crippen LogP contribution in [-0.4, -0.2) is 93.1 Å². The zero-order valence-electron chi connectivity index (χ0n) is 23.4. The Labute approximate surface area is 245 Å². The SMILES string of the molecule is CN1CCN(CCON(C)S(=O)(=O)c2ccc(N/C(=C3\C(=O)Nc4cc(C(=O)O)ccc43)c3ccccc3)cc2)CC1. The number of piperazine rings is 1. The first-order chi connectivity index (χ1) is 20.1. The molecule has 0 unspecified atom stereocenters. The molecular weight excluding hydrogens is 558 g/mol. The van der Waals surface area contributed by atoms with Crippen molar-refractivity contribution in [2.24, 2.45) is 0 Å². The van der Waals surface area contributed by atoms with Gasteiger partial charge < -0.3 is 20.6 Å². The van der Waals surface area contributed by atoms with Gasteiger partial charge >= 0.3 is 5.97 Å². The summed E-state index contributed by atoms with van der Waals surface area (Å²) < 4.78 is 27.2. The molecule has 0 aromatic heterocycles. The smallest absolute Gasteiger partial charge is 0.335 e. The molecule has 2 aliphatic rings. The molecule has 5 rings (SSSR count). The van der Waals surface area contributed by atoms with E-state index < -0.39 is 16.0 Å². The average Bonchev–Trinajstić information content (AvgIpc) is 3.32. The molecule has 0 atom stereocenters. The van der Waals surface area contributed by atoms with Crippen molar-refractivity contribution in [3.05, 3.63) is 89.5 Å². The Bertz CT molecular complexity index is 1600. The van der Waals surface area contributed by atoms with E-state index in [-0.39, 0.29) is 23.0 Å². The van der Waals surface area contributed by atoms with E-state index in [0.717, 1.165) is 36.2 Å². The zero-order chi connectivity index (χ0) is 29.9. The number of anilines is 2. The van der Waals surface area contributed by atoms with Gasteiger partial charge in [0, 0.05) is 51.0 Å². The van der Waals surface area contributed by atoms with Gasteiger partial charge in [-0.2, -0.15) is 0 Å². The van der Waals surface area contributed by atoms with Gasteiger partial charge in [-0.05, 0) is 49.0 Å². The van der Waals surface area contributed by atoms with E-state index >= 15 is 0 Å². The molecule has 11 nitrogen and oxygen atoms in total. The summed E-state index contributed by atoms with van der Waals surface area (Å²) in [4.78, 5) is 34.7. The summed E-state index contributed by atoms with van der Waals surface area (Å²) in [5, 5.41) is 15.4. The molecule has 3 aromatic carbocycles. The van der Waals surface area contributed by atoms with E-state index in [1.165, 1.54) is 31.3 Å². The summed E-state index contributed by atoms with van der Waals surface area (Å²) in [5.74, 6) is -1.47. The minimum Gasteiger partial charge on any atom is -0.478 e. The van der Waals surface area contributed by atoms with Crippen molar-refractivity contribution in [3.63, 3.8) is 0 Å². The van der Waals surface area contributed by atoms with Crippen LogP contribution in [0.3, 0.4) is 0 Å². The van der Waals surface area contributed by atoms with E-state index in [2.05, 4.69) is 27.5 Å². The second kappa shape index (κ2) is 12.4. The molecule has 42 heavy (non-hydrogen) atoms. The van der Waals surface area contributed by atoms with Gasteiger partial charge in [-0.15, -0.1) is 0 Å². The topological polar surface area (TPSA) is 132 Å². The summed E-state index contributed by atoms with van der Waals surface area (Å²) in [7, 11) is -0.426. The van der Waals surface area contributed by atoms with Crippen LogP contribution in [0, 0.1) is 0 Å². The van der Waals surface area contributed by atoms with Gasteiger partial charge in [0.1, 0.15) is 0 Å². The van der Waals surface area contributed by atoms with Gasteiger partial charge in [-0.1, -0.05) is 40.9 Å². The van der Waals surface area contributed by atoms with Crippen molar-refractivity contribution in [2.45, 2.75) is 4.90 Å². The quantitative estimate of drug-likeness (QED) is 0.240. The number of hydrogen-bond acceptors (Lipinski definition) is 8. The molecule has 0 aliphatic carbocycles. The first kappa shape index (κ1) is 29.4. The number of hydroxylamine groups is 1. The van der Waals surface area contributed by atoms with Crippen molar-refractivity contribution in [1.82, 2.24) is 14.3 Å². The van der Waals surface area contributed by atoms with Crippen LogP contribution in [0.5, 0.6) is 0 Å². The highest BCUT2D eigenvalue weighted by molar-refractivity contribution is 7.89. The van der Waals surface area contributed by atoms with Gasteiger partial charge in [-0.25, -0.2) is 13.2 Å². The summed E-state index contributed by atoms with van der Waals surface area (Å²) in [6, 6.07) is 19.9. The third kappa shape index (κ3) is 6.37. The van der Waals surface area contributed by atoms with Crippen molar-refractivity contribution in [1.29, 1.82) is 0 Å². The minimum atomic E-state index is -3.89. The van der Waals surface area contributed by atoms with Crippen LogP contribution in [-0.2, 0) is 19.7 Å². The molecule has 1 fully saturated rings. The molecule has 12 heteroatoms. The molecule has 0 saturated carbocycles. The molecule has 220 valence electrons. The van der Waals surface area contributed by atoms with E-state index in [1.54, 1.807) is 18.2 Å². The monoisotopic (exact) mass is 591 g/mol. The third-order valence-corrected chi connectivity index (χ3v) is 9.01. The van der Waals surface area contributed by atoms with Gasteiger partial charge in [0.2, 0.25) is 0 Å². The van der Waals surface area contributed by atoms with Crippen molar-refractivity contribution in [2.75, 3.05) is 64.1 Å². The second-order valence-corrected chi connectivity index (χ2v) is 12.1. The molecule has 3 aromatic rings. The number of nitrogens with one attached hydrogen (secondary N) is 2. The van der Waals surface area contributed by atoms with Crippen LogP contribution < -0.4 is 10.6 Å². The predicted molar refractivity (Wildman–Crippen MR) is 160 cm³/mol. The van der Waals surface area contributed by atoms with E-state index in [0.29, 0.717) is 34.8 Å². The summed E-state index contributed by atoms with van der Waals surface area (Å²) in [5.41, 5.74) is 3.15. The fraction of sp³-hybridized carbons (Fsp3) is 0.267. The highest BCUT2D eigenvalue weighted by Crippen LogP contribution is 2.38. The molecule has 1 amide bonds. The number of likely N-dealkylation sites (N-methyl/N-ethyl adjacent to an activating group) is 1. The van der Waals surface area contributed by atoms with Crippen LogP contribution >= 0.6 is 0 Å². The van der Waals surface area contributed by atoms with Gasteiger partial charge in [-0.3, -0.25) is 14.5 Å². The molecule has 2 heterocycles. The van der Waals surface area contributed by atoms with Crippen LogP contribution in [0.2, 0.25) is 0 Å². The number of amides is 1. The lowest BCUT2D eigenvalue weighted by Gasteiger charge is -2.32. The number of carboxylic acid groups (broad SMARTS) is 1. The van der Waals surface area contributed by atoms with E-state index in [4.69, 9.17) is 4.84 Å². The number of nitrogens with zero attached hydrogens (tertiary/aromatic N) is 3. The first-order valence-electron chi connectivity index (χ1n) is 13.5. The van der Waals surface area contributed by atoms with Crippen LogP contribution in [0.15, 0.2) is 77.7 Å². The maximum atomic E-state index is 13.1. The van der Waals surface area contributed by atoms with Crippen LogP contribution in [0.4, 0.5) is 11.4 Å². The molecule has 0 spiro atoms. The van der Waals surface area contributed by atoms with Crippen molar-refractivity contribution < 1.29 is 28.0 Å². The lowest BCUT2D eigenvalue weighted by molar-refractivity contribution is -0.110. The first-order valence-corrected chi connectivity index (χ1v) is 15.0. The van der Waals surface area contributed by atoms with Crippen molar-refractivity contribution >= 4 is 44.5 Å². The Morgan fingerprint density at radius 1 is 1.00 bits per heavy atom. The Kier molecular flexibility index (Phi) is 8.71. The molecule has 2 aliphatic heterocycles. The number of sulfonamides is 1. The number of rotatable bonds is 10. The number of fused-ring (bicyclic) bond motifs is 1. The molecule has 1 saturated heterocycles. The lowest BCUT2D eigenvalue weighted by Crippen LogP contribution is -2.46. The Morgan fingerprint density at radius 2 is 1.69 bits per heavy atom. The number of carbonyl (C=O) groups excluding carboxylic acids is 1. The maximum Gasteiger partial charge on any atom is 0.335 e. The average molecular weight is 592 g/mol. The summed E-state index contributed by atoms with van der Waals surface area (Å²) >= 11 is 0. The van der Waals surface area contributed by atoms with Crippen molar-refractivity contribution in [3.8, 4) is 0 Å². The minimum absolute atomic E-state index is 0.0641. The number of hydrogen-bond donors (Lipinski definition) is 3. The standard InChI is InChI=1S/C30H33N5O6S/c1-33-14-16-35(17-15-33)18-19-41-34(2)42(39,40)24-11-9-23(10-12-24)31-28(21-6-4-3-5-7-21)27-25-13-8-22(30(37)38)20-26(25)32-29(27)36/h3-13,20,31H,14-19H2,1-2H3,(H,32,36)(H,37,38)/b28-27-. The lowest BCUT2D eigenvalue weighted by atomic mass is 9.99. The maximum absolute atomic E-state index is 13.1. The Hall–Kier alpha value is -4.07. The van der Waals surface area contributed by atoms with Crippen LogP contribution in [0.1, 0.15) is 21.5 Å². The highest BCUT2D eigenvalue weighted by Gasteiger charge is 2.29. The van der Waals surface area contributed by atoms with Gasteiger partial charge in [0.25, 0.3) is 15.9 Å². The zero-order valence-corrected chi connectivity index (χ0v) is 24.2. The molecular formula is C30H33N5O6S. The van der Waals surface area contributed by atoms with Gasteiger partial charge in [0.15, 0.2) is 0 Å². The molecule has 0 radical (unpaired) electrons. The Balaban J connectivity index is 1.35. The molecule has 0 bridgehead atoms. The molecule has 3 N–H and O–H groups in total. The second-order valence-electron chi connectivity index (χ2n) is 10.2. The number of aromatic carboxylic acids is 1. The Morgan fingerprint density at radius 3 is 2.36 bits per heavy atom. The largest absolute Gasteiger partial charge is 0.478 e. The summed E-state index contributed by atoms with van der Waals surface area (Å²) in [6.07, 6.45) is 0. The fourth-order valence-electron chi connectivity index (χ4n) is 4.88. The fourth-order valence-corrected chi connectivity index (χ4v) is 5.87. The number of carboxylic acids is 1. The van der Waals surface area contributed by atoms with Gasteiger partial charge in [0.05, 0.1) is 34.0 Å². The van der Waals surface area contributed by atoms with Crippen LogP contribution in [0.25, 0.3) is 11.3 Å². The third-order valence-electron chi connectivity index (χ3n) is 7.36. The number of carbonyl (C=O) groups is 2. The van der Waals surface area contributed by atoms with E-state index in [1.807, 2.05) is 30.3 Å². The summed E-state index contributed by atoms with van der Waals surface area (Å²) in [6.45, 7) is 4.68. The normalized spacial score (nSPS) is 17.2. The predicted octanol–water partition coefficient (Wildman–Crippen LogP) is 3.12.